The van der Waals surface area contributed by atoms with Crippen molar-refractivity contribution in [2.45, 2.75) is 13.5 Å². The topological polar surface area (TPSA) is 72.2 Å². The highest BCUT2D eigenvalue weighted by atomic mass is 79.9. The van der Waals surface area contributed by atoms with Crippen molar-refractivity contribution in [3.63, 3.8) is 0 Å². The second-order valence-corrected chi connectivity index (χ2v) is 5.90. The molecule has 1 heterocycles. The number of benzene rings is 1. The number of amides is 1. The van der Waals surface area contributed by atoms with Gasteiger partial charge in [-0.3, -0.25) is 14.9 Å². The van der Waals surface area contributed by atoms with Crippen molar-refractivity contribution in [2.75, 3.05) is 0 Å². The van der Waals surface area contributed by atoms with Gasteiger partial charge < -0.3 is 5.32 Å². The van der Waals surface area contributed by atoms with Crippen LogP contribution in [0.4, 0.5) is 5.69 Å². The Morgan fingerprint density at radius 2 is 2.20 bits per heavy atom. The number of nitrogens with one attached hydrogen (secondary N) is 1. The van der Waals surface area contributed by atoms with E-state index in [4.69, 9.17) is 0 Å². The second kappa shape index (κ2) is 6.15. The van der Waals surface area contributed by atoms with E-state index in [9.17, 15) is 14.9 Å². The van der Waals surface area contributed by atoms with E-state index < -0.39 is 4.92 Å². The Morgan fingerprint density at radius 3 is 2.80 bits per heavy atom. The third kappa shape index (κ3) is 3.05. The van der Waals surface area contributed by atoms with Gasteiger partial charge in [0.15, 0.2) is 0 Å². The molecule has 1 N–H and O–H groups in total. The molecule has 0 atom stereocenters. The summed E-state index contributed by atoms with van der Waals surface area (Å²) in [5.74, 6) is -0.339. The molecule has 2 rings (SSSR count). The lowest BCUT2D eigenvalue weighted by atomic mass is 10.2. The molecule has 7 heteroatoms. The third-order valence-electron chi connectivity index (χ3n) is 2.80. The molecule has 0 bridgehead atoms. The molecule has 0 aliphatic heterocycles. The van der Waals surface area contributed by atoms with Gasteiger partial charge in [-0.1, -0.05) is 6.07 Å². The monoisotopic (exact) mass is 354 g/mol. The quantitative estimate of drug-likeness (QED) is 0.672. The predicted molar refractivity (Wildman–Crippen MR) is 81.0 cm³/mol. The molecule has 0 saturated heterocycles. The first kappa shape index (κ1) is 14.7. The number of carbonyl (C=O) groups is 1. The lowest BCUT2D eigenvalue weighted by Gasteiger charge is -2.06. The minimum absolute atomic E-state index is 0.120. The van der Waals surface area contributed by atoms with Crippen LogP contribution in [0.15, 0.2) is 34.1 Å². The van der Waals surface area contributed by atoms with E-state index in [1.54, 1.807) is 17.4 Å². The maximum Gasteiger partial charge on any atom is 0.284 e. The summed E-state index contributed by atoms with van der Waals surface area (Å²) in [5, 5.41) is 15.6. The van der Waals surface area contributed by atoms with Gasteiger partial charge in [-0.15, -0.1) is 11.3 Å². The van der Waals surface area contributed by atoms with E-state index in [0.29, 0.717) is 6.54 Å². The maximum atomic E-state index is 12.1. The fourth-order valence-electron chi connectivity index (χ4n) is 1.68. The third-order valence-corrected chi connectivity index (χ3v) is 4.65. The molecule has 20 heavy (non-hydrogen) atoms. The zero-order valence-electron chi connectivity index (χ0n) is 10.6. The molecule has 1 amide bonds. The van der Waals surface area contributed by atoms with Crippen LogP contribution in [0.1, 0.15) is 20.8 Å². The molecule has 1 aromatic carbocycles. The predicted octanol–water partition coefficient (Wildman–Crippen LogP) is 3.66. The first-order chi connectivity index (χ1) is 9.50. The van der Waals surface area contributed by atoms with Crippen molar-refractivity contribution in [3.05, 3.63) is 60.2 Å². The van der Waals surface area contributed by atoms with Gasteiger partial charge in [0.1, 0.15) is 4.47 Å². The molecule has 0 saturated carbocycles. The van der Waals surface area contributed by atoms with Gasteiger partial charge in [-0.05, 0) is 45.9 Å². The summed E-state index contributed by atoms with van der Waals surface area (Å²) in [6.45, 7) is 2.39. The molecular formula is C13H11BrN2O3S. The number of aryl methyl sites for hydroxylation is 1. The Morgan fingerprint density at radius 1 is 1.45 bits per heavy atom. The number of carbonyl (C=O) groups excluding carboxylic acids is 1. The Kier molecular flexibility index (Phi) is 4.51. The van der Waals surface area contributed by atoms with Crippen molar-refractivity contribution < 1.29 is 9.72 Å². The molecule has 104 valence electrons. The van der Waals surface area contributed by atoms with Gasteiger partial charge in [0.05, 0.1) is 17.0 Å². The number of hydrogen-bond acceptors (Lipinski definition) is 4. The zero-order chi connectivity index (χ0) is 14.7. The van der Waals surface area contributed by atoms with Gasteiger partial charge in [0.2, 0.25) is 0 Å². The molecule has 0 aliphatic rings. The van der Waals surface area contributed by atoms with E-state index in [1.807, 2.05) is 18.4 Å². The summed E-state index contributed by atoms with van der Waals surface area (Å²) in [6, 6.07) is 6.38. The van der Waals surface area contributed by atoms with E-state index in [2.05, 4.69) is 21.2 Å². The highest BCUT2D eigenvalue weighted by Crippen LogP contribution is 2.28. The molecule has 0 unspecified atom stereocenters. The first-order valence-electron chi connectivity index (χ1n) is 5.74. The van der Waals surface area contributed by atoms with E-state index in [-0.39, 0.29) is 21.6 Å². The van der Waals surface area contributed by atoms with E-state index in [1.165, 1.54) is 12.1 Å². The summed E-state index contributed by atoms with van der Waals surface area (Å²) in [4.78, 5) is 23.5. The molecular weight excluding hydrogens is 344 g/mol. The average molecular weight is 355 g/mol. The van der Waals surface area contributed by atoms with Crippen molar-refractivity contribution in [2.24, 2.45) is 0 Å². The van der Waals surface area contributed by atoms with Gasteiger partial charge in [0, 0.05) is 10.9 Å². The maximum absolute atomic E-state index is 12.1. The van der Waals surface area contributed by atoms with E-state index in [0.717, 1.165) is 10.4 Å². The Balaban J connectivity index is 2.16. The number of halogens is 1. The molecule has 0 fully saturated rings. The van der Waals surface area contributed by atoms with Gasteiger partial charge in [-0.25, -0.2) is 0 Å². The first-order valence-corrected chi connectivity index (χ1v) is 7.42. The minimum Gasteiger partial charge on any atom is -0.347 e. The highest BCUT2D eigenvalue weighted by molar-refractivity contribution is 9.10. The molecule has 0 radical (unpaired) electrons. The number of nitro benzene ring substituents is 1. The van der Waals surface area contributed by atoms with Crippen LogP contribution in [0.2, 0.25) is 0 Å². The summed E-state index contributed by atoms with van der Waals surface area (Å²) >= 11 is 4.68. The number of hydrogen-bond donors (Lipinski definition) is 1. The van der Waals surface area contributed by atoms with Gasteiger partial charge in [-0.2, -0.15) is 0 Å². The Hall–Kier alpha value is -1.73. The van der Waals surface area contributed by atoms with Crippen LogP contribution < -0.4 is 5.32 Å². The number of rotatable bonds is 4. The number of thiophene rings is 1. The van der Waals surface area contributed by atoms with Crippen molar-refractivity contribution in [1.29, 1.82) is 0 Å². The number of nitro groups is 1. The lowest BCUT2D eigenvalue weighted by Crippen LogP contribution is -2.23. The fourth-order valence-corrected chi connectivity index (χ4v) is 3.11. The van der Waals surface area contributed by atoms with Crippen LogP contribution in [0.25, 0.3) is 0 Å². The lowest BCUT2D eigenvalue weighted by molar-refractivity contribution is -0.385. The summed E-state index contributed by atoms with van der Waals surface area (Å²) in [5.41, 5.74) is 1.26. The van der Waals surface area contributed by atoms with Crippen molar-refractivity contribution in [1.82, 2.24) is 5.32 Å². The highest BCUT2D eigenvalue weighted by Gasteiger charge is 2.19. The van der Waals surface area contributed by atoms with Crippen LogP contribution >= 0.6 is 27.3 Å². The minimum atomic E-state index is -0.524. The summed E-state index contributed by atoms with van der Waals surface area (Å²) in [6.07, 6.45) is 0. The fraction of sp³-hybridized carbons (Fsp3) is 0.154. The van der Waals surface area contributed by atoms with Crippen LogP contribution in [-0.4, -0.2) is 10.8 Å². The van der Waals surface area contributed by atoms with Gasteiger partial charge >= 0.3 is 0 Å². The molecule has 0 aliphatic carbocycles. The summed E-state index contributed by atoms with van der Waals surface area (Å²) < 4.78 is 0.199. The van der Waals surface area contributed by atoms with Crippen LogP contribution in [0, 0.1) is 17.0 Å². The Bertz CT molecular complexity index is 669. The van der Waals surface area contributed by atoms with Crippen molar-refractivity contribution >= 4 is 38.9 Å². The molecule has 0 spiro atoms. The largest absolute Gasteiger partial charge is 0.347 e. The van der Waals surface area contributed by atoms with Crippen molar-refractivity contribution in [3.8, 4) is 0 Å². The molecule has 1 aromatic heterocycles. The molecule has 5 nitrogen and oxygen atoms in total. The van der Waals surface area contributed by atoms with Crippen LogP contribution in [0.3, 0.4) is 0 Å². The zero-order valence-corrected chi connectivity index (χ0v) is 13.0. The van der Waals surface area contributed by atoms with Crippen LogP contribution in [-0.2, 0) is 6.54 Å². The second-order valence-electron chi connectivity index (χ2n) is 4.11. The summed E-state index contributed by atoms with van der Waals surface area (Å²) in [7, 11) is 0. The Labute approximate surface area is 127 Å². The average Bonchev–Trinajstić information content (AvgIpc) is 2.81. The molecule has 2 aromatic rings. The smallest absolute Gasteiger partial charge is 0.284 e. The SMILES string of the molecule is Cc1ccsc1CNC(=O)c1cccc([N+](=O)[O-])c1Br. The van der Waals surface area contributed by atoms with Gasteiger partial charge in [0.25, 0.3) is 11.6 Å². The standard InChI is InChI=1S/C13H11BrN2O3S/c1-8-5-6-20-11(8)7-15-13(17)9-3-2-4-10(12(9)14)16(18)19/h2-6H,7H2,1H3,(H,15,17). The van der Waals surface area contributed by atoms with Crippen LogP contribution in [0.5, 0.6) is 0 Å². The van der Waals surface area contributed by atoms with E-state index >= 15 is 0 Å². The normalized spacial score (nSPS) is 10.3. The number of nitrogens with zero attached hydrogens (tertiary/aromatic N) is 1.